The molecule has 2 N–H and O–H groups in total. The van der Waals surface area contributed by atoms with E-state index in [0.29, 0.717) is 5.56 Å². The van der Waals surface area contributed by atoms with E-state index in [1.807, 2.05) is 6.07 Å². The molecule has 12 nitrogen and oxygen atoms in total. The van der Waals surface area contributed by atoms with Gasteiger partial charge in [-0.2, -0.15) is 13.7 Å². The van der Waals surface area contributed by atoms with Crippen LogP contribution in [0.1, 0.15) is 27.9 Å². The summed E-state index contributed by atoms with van der Waals surface area (Å²) < 4.78 is 30.7. The first kappa shape index (κ1) is 26.5. The molecule has 0 fully saturated rings. The van der Waals surface area contributed by atoms with Gasteiger partial charge in [0.2, 0.25) is 11.8 Å². The average Bonchev–Trinajstić information content (AvgIpc) is 3.32. The Balaban J connectivity index is 1.69. The number of aromatic nitrogens is 2. The zero-order valence-corrected chi connectivity index (χ0v) is 21.6. The van der Waals surface area contributed by atoms with E-state index in [2.05, 4.69) is 25.7 Å². The molecule has 0 radical (unpaired) electrons. The van der Waals surface area contributed by atoms with Gasteiger partial charge in [0.05, 0.1) is 34.3 Å². The zero-order chi connectivity index (χ0) is 27.4. The summed E-state index contributed by atoms with van der Waals surface area (Å²) in [6.45, 7) is 1.64. The topological polar surface area (TPSA) is 167 Å². The number of hydrogen-bond donors (Lipinski definition) is 2. The second-order valence-corrected chi connectivity index (χ2v) is 9.94. The number of anilines is 2. The van der Waals surface area contributed by atoms with E-state index in [0.717, 1.165) is 11.2 Å². The number of hydrogen-bond acceptors (Lipinski definition) is 10. The molecule has 0 saturated carbocycles. The summed E-state index contributed by atoms with van der Waals surface area (Å²) in [4.78, 5) is 33.8. The fourth-order valence-corrected chi connectivity index (χ4v) is 4.78. The predicted molar refractivity (Wildman–Crippen MR) is 138 cm³/mol. The van der Waals surface area contributed by atoms with Crippen LogP contribution >= 0.6 is 11.6 Å². The first-order valence-corrected chi connectivity index (χ1v) is 12.8. The summed E-state index contributed by atoms with van der Waals surface area (Å²) in [5, 5.41) is 20.0. The Morgan fingerprint density at radius 1 is 1.24 bits per heavy atom. The minimum Gasteiger partial charge on any atom is -0.361 e. The largest absolute Gasteiger partial charge is 0.361 e. The van der Waals surface area contributed by atoms with E-state index < -0.39 is 28.0 Å². The maximum atomic E-state index is 13.6. The van der Waals surface area contributed by atoms with Gasteiger partial charge in [0.1, 0.15) is 10.9 Å². The number of carbonyl (C=O) groups is 2. The third-order valence-electron chi connectivity index (χ3n) is 5.45. The quantitative estimate of drug-likeness (QED) is 0.436. The zero-order valence-electron chi connectivity index (χ0n) is 20.0. The van der Waals surface area contributed by atoms with Crippen LogP contribution in [0.4, 0.5) is 11.5 Å². The third kappa shape index (κ3) is 5.41. The van der Waals surface area contributed by atoms with E-state index >= 15 is 0 Å². The number of rotatable bonds is 6. The molecular weight excluding hydrogens is 534 g/mol. The maximum Gasteiger partial charge on any atom is 0.341 e. The molecule has 2 amide bonds. The first-order valence-electron chi connectivity index (χ1n) is 11.0. The number of amides is 2. The van der Waals surface area contributed by atoms with Gasteiger partial charge in [-0.1, -0.05) is 11.6 Å². The van der Waals surface area contributed by atoms with Crippen LogP contribution in [-0.4, -0.2) is 49.2 Å². The molecule has 14 heteroatoms. The van der Waals surface area contributed by atoms with Crippen LogP contribution in [0.2, 0.25) is 5.02 Å². The van der Waals surface area contributed by atoms with E-state index in [9.17, 15) is 23.3 Å². The van der Waals surface area contributed by atoms with Crippen LogP contribution < -0.4 is 15.6 Å². The van der Waals surface area contributed by atoms with Gasteiger partial charge in [-0.25, -0.2) is 9.99 Å². The minimum absolute atomic E-state index is 0.0781. The second-order valence-electron chi connectivity index (χ2n) is 7.99. The van der Waals surface area contributed by atoms with Gasteiger partial charge < -0.3 is 14.8 Å². The highest BCUT2D eigenvalue weighted by molar-refractivity contribution is 7.87. The Hall–Kier alpha value is -4.54. The van der Waals surface area contributed by atoms with Crippen LogP contribution in [0.15, 0.2) is 65.0 Å². The van der Waals surface area contributed by atoms with E-state index in [1.54, 1.807) is 13.0 Å². The van der Waals surface area contributed by atoms with Crippen molar-refractivity contribution in [2.45, 2.75) is 24.3 Å². The van der Waals surface area contributed by atoms with Gasteiger partial charge in [0.15, 0.2) is 5.82 Å². The highest BCUT2D eigenvalue weighted by Gasteiger charge is 2.39. The number of nitrogens with zero attached hydrogens (tertiary/aromatic N) is 5. The number of halogens is 1. The summed E-state index contributed by atoms with van der Waals surface area (Å²) in [5.74, 6) is -1.35. The maximum absolute atomic E-state index is 13.6. The number of benzene rings is 1. The highest BCUT2D eigenvalue weighted by Crippen LogP contribution is 2.32. The monoisotopic (exact) mass is 553 g/mol. The summed E-state index contributed by atoms with van der Waals surface area (Å²) >= 11 is 6.30. The highest BCUT2D eigenvalue weighted by atomic mass is 35.5. The van der Waals surface area contributed by atoms with E-state index in [-0.39, 0.29) is 44.9 Å². The van der Waals surface area contributed by atoms with E-state index in [4.69, 9.17) is 15.8 Å². The Labute approximate surface area is 223 Å². The van der Waals surface area contributed by atoms with Gasteiger partial charge >= 0.3 is 10.1 Å². The van der Waals surface area contributed by atoms with Crippen molar-refractivity contribution in [3.8, 4) is 6.07 Å². The van der Waals surface area contributed by atoms with Crippen LogP contribution in [-0.2, 0) is 19.1 Å². The number of pyridine rings is 2. The molecule has 2 aromatic heterocycles. The predicted octanol–water partition coefficient (Wildman–Crippen LogP) is 2.61. The Morgan fingerprint density at radius 3 is 2.66 bits per heavy atom. The summed E-state index contributed by atoms with van der Waals surface area (Å²) in [5.41, 5.74) is 0.960. The number of aryl methyl sites for hydroxylation is 1. The second kappa shape index (κ2) is 10.8. The molecule has 1 aliphatic heterocycles. The van der Waals surface area contributed by atoms with Crippen molar-refractivity contribution in [3.63, 3.8) is 0 Å². The van der Waals surface area contributed by atoms with Crippen LogP contribution in [0.5, 0.6) is 0 Å². The molecule has 0 bridgehead atoms. The van der Waals surface area contributed by atoms with Crippen LogP contribution in [0.3, 0.4) is 0 Å². The lowest BCUT2D eigenvalue weighted by molar-refractivity contribution is -0.117. The lowest BCUT2D eigenvalue weighted by Gasteiger charge is -2.23. The van der Waals surface area contributed by atoms with Gasteiger partial charge in [0, 0.05) is 25.6 Å². The van der Waals surface area contributed by atoms with Crippen molar-refractivity contribution >= 4 is 50.9 Å². The molecule has 0 aliphatic carbocycles. The molecule has 1 atom stereocenters. The van der Waals surface area contributed by atoms with Crippen molar-refractivity contribution in [2.75, 3.05) is 17.4 Å². The lowest BCUT2D eigenvalue weighted by Crippen LogP contribution is -2.39. The van der Waals surface area contributed by atoms with Crippen LogP contribution in [0, 0.1) is 18.3 Å². The molecule has 0 spiro atoms. The molecule has 1 aromatic carbocycles. The molecule has 0 saturated heterocycles. The lowest BCUT2D eigenvalue weighted by atomic mass is 10.0. The standard InChI is InChI=1S/C24H20ClN7O5S/c1-14-9-15(12-26)10-17(23(33)27-2)21(14)30-24(34)19-11-20(31-32(19)22-18(25)6-4-8-29-22)37-38(35,36)16-5-3-7-28-13-16/h3-10,13,19H,11H2,1-2H3,(H,27,33)(H,30,34). The average molecular weight is 554 g/mol. The van der Waals surface area contributed by atoms with Gasteiger partial charge in [-0.3, -0.25) is 14.6 Å². The number of nitrogens with one attached hydrogen (secondary N) is 2. The SMILES string of the molecule is CNC(=O)c1cc(C#N)cc(C)c1NC(=O)C1CC(OS(=O)(=O)c2cccnc2)=NN1c1ncccc1Cl. The van der Waals surface area contributed by atoms with Crippen molar-refractivity contribution < 1.29 is 22.2 Å². The van der Waals surface area contributed by atoms with Crippen molar-refractivity contribution in [3.05, 3.63) is 76.7 Å². The molecular formula is C24H20ClN7O5S. The minimum atomic E-state index is -4.29. The molecule has 4 rings (SSSR count). The van der Waals surface area contributed by atoms with Gasteiger partial charge in [-0.15, -0.1) is 5.10 Å². The van der Waals surface area contributed by atoms with Crippen molar-refractivity contribution in [1.82, 2.24) is 15.3 Å². The molecule has 194 valence electrons. The smallest absolute Gasteiger partial charge is 0.341 e. The Bertz CT molecular complexity index is 1590. The Morgan fingerprint density at radius 2 is 2.00 bits per heavy atom. The molecule has 3 aromatic rings. The molecule has 3 heterocycles. The summed E-state index contributed by atoms with van der Waals surface area (Å²) in [6.07, 6.45) is 3.71. The fourth-order valence-electron chi connectivity index (χ4n) is 3.69. The number of carbonyl (C=O) groups excluding carboxylic acids is 2. The molecule has 1 aliphatic rings. The van der Waals surface area contributed by atoms with Gasteiger partial charge in [0.25, 0.3) is 5.91 Å². The van der Waals surface area contributed by atoms with Crippen LogP contribution in [0.25, 0.3) is 0 Å². The molecule has 1 unspecified atom stereocenters. The fraction of sp³-hybridized carbons (Fsp3) is 0.167. The number of nitriles is 1. The Kier molecular flexibility index (Phi) is 7.56. The first-order chi connectivity index (χ1) is 18.1. The summed E-state index contributed by atoms with van der Waals surface area (Å²) in [7, 11) is -2.87. The summed E-state index contributed by atoms with van der Waals surface area (Å²) in [6, 6.07) is 9.58. The third-order valence-corrected chi connectivity index (χ3v) is 6.98. The van der Waals surface area contributed by atoms with E-state index in [1.165, 1.54) is 49.8 Å². The van der Waals surface area contributed by atoms with Gasteiger partial charge in [-0.05, 0) is 48.9 Å². The normalized spacial score (nSPS) is 14.8. The van der Waals surface area contributed by atoms with Crippen molar-refractivity contribution in [2.24, 2.45) is 5.10 Å². The van der Waals surface area contributed by atoms with Crippen molar-refractivity contribution in [1.29, 1.82) is 5.26 Å². The number of hydrazone groups is 1. The molecule has 38 heavy (non-hydrogen) atoms.